The number of rotatable bonds is 9. The van der Waals surface area contributed by atoms with Gasteiger partial charge in [0.25, 0.3) is 0 Å². The number of esters is 1. The van der Waals surface area contributed by atoms with Crippen LogP contribution in [0.3, 0.4) is 0 Å². The van der Waals surface area contributed by atoms with Crippen LogP contribution >= 0.6 is 0 Å². The van der Waals surface area contributed by atoms with Gasteiger partial charge in [0.1, 0.15) is 23.7 Å². The summed E-state index contributed by atoms with van der Waals surface area (Å²) in [5.41, 5.74) is 0.412. The summed E-state index contributed by atoms with van der Waals surface area (Å²) in [5, 5.41) is 11.8. The minimum absolute atomic E-state index is 0.0282. The molecule has 9 heteroatoms. The standard InChI is InChI=1S/C23H27NO8/c1-23(2,3)32-19(25)14-30-18-11-7-16(8-12-18)20(21(26)27)24-22(28)31-13-15-5-9-17(29-4)10-6-15/h5-12,20H,13-14H2,1-4H3,(H,24,28)(H,26,27)/t20-/m1/s1. The van der Waals surface area contributed by atoms with E-state index in [0.29, 0.717) is 17.1 Å². The number of nitrogens with one attached hydrogen (secondary N) is 1. The molecular weight excluding hydrogens is 418 g/mol. The number of carbonyl (C=O) groups is 3. The van der Waals surface area contributed by atoms with Crippen LogP contribution in [0.5, 0.6) is 11.5 Å². The monoisotopic (exact) mass is 445 g/mol. The molecule has 0 unspecified atom stereocenters. The second-order valence-corrected chi connectivity index (χ2v) is 7.78. The molecule has 1 amide bonds. The van der Waals surface area contributed by atoms with Crippen LogP contribution in [-0.4, -0.2) is 42.5 Å². The maximum atomic E-state index is 12.1. The Kier molecular flexibility index (Phi) is 8.46. The normalized spacial score (nSPS) is 11.8. The minimum Gasteiger partial charge on any atom is -0.497 e. The lowest BCUT2D eigenvalue weighted by molar-refractivity contribution is -0.157. The number of aliphatic carboxylic acids is 1. The Morgan fingerprint density at radius 2 is 1.56 bits per heavy atom. The average Bonchev–Trinajstić information content (AvgIpc) is 2.74. The van der Waals surface area contributed by atoms with E-state index < -0.39 is 29.7 Å². The van der Waals surface area contributed by atoms with Gasteiger partial charge in [-0.05, 0) is 56.2 Å². The highest BCUT2D eigenvalue weighted by atomic mass is 16.6. The van der Waals surface area contributed by atoms with E-state index in [1.165, 1.54) is 24.3 Å². The fraction of sp³-hybridized carbons (Fsp3) is 0.348. The van der Waals surface area contributed by atoms with Gasteiger partial charge in [0, 0.05) is 0 Å². The molecule has 2 aromatic rings. The lowest BCUT2D eigenvalue weighted by Crippen LogP contribution is -2.34. The molecule has 2 N–H and O–H groups in total. The summed E-state index contributed by atoms with van der Waals surface area (Å²) in [6.07, 6.45) is -0.876. The van der Waals surface area contributed by atoms with Crippen LogP contribution in [0, 0.1) is 0 Å². The summed E-state index contributed by atoms with van der Waals surface area (Å²) in [7, 11) is 1.55. The van der Waals surface area contributed by atoms with E-state index in [2.05, 4.69) is 5.32 Å². The van der Waals surface area contributed by atoms with E-state index in [1.807, 2.05) is 0 Å². The smallest absolute Gasteiger partial charge is 0.408 e. The number of amides is 1. The Labute approximate surface area is 186 Å². The van der Waals surface area contributed by atoms with Crippen molar-refractivity contribution in [3.05, 3.63) is 59.7 Å². The molecule has 2 rings (SSSR count). The number of ether oxygens (including phenoxy) is 4. The number of hydrogen-bond donors (Lipinski definition) is 2. The molecule has 0 aromatic heterocycles. The van der Waals surface area contributed by atoms with Gasteiger partial charge in [0.2, 0.25) is 0 Å². The summed E-state index contributed by atoms with van der Waals surface area (Å²) < 4.78 is 20.7. The summed E-state index contributed by atoms with van der Waals surface area (Å²) in [5.74, 6) is -0.756. The number of hydrogen-bond acceptors (Lipinski definition) is 7. The molecule has 0 aliphatic rings. The molecule has 0 aliphatic heterocycles. The number of methoxy groups -OCH3 is 1. The molecule has 1 atom stereocenters. The van der Waals surface area contributed by atoms with Gasteiger partial charge < -0.3 is 29.4 Å². The van der Waals surface area contributed by atoms with Gasteiger partial charge in [-0.2, -0.15) is 0 Å². The van der Waals surface area contributed by atoms with Gasteiger partial charge in [0.15, 0.2) is 12.6 Å². The number of carbonyl (C=O) groups excluding carboxylic acids is 2. The Bertz CT molecular complexity index is 917. The van der Waals surface area contributed by atoms with Crippen molar-refractivity contribution in [2.45, 2.75) is 39.0 Å². The van der Waals surface area contributed by atoms with Gasteiger partial charge in [-0.15, -0.1) is 0 Å². The highest BCUT2D eigenvalue weighted by molar-refractivity contribution is 5.81. The Morgan fingerprint density at radius 1 is 0.969 bits per heavy atom. The molecule has 0 radical (unpaired) electrons. The van der Waals surface area contributed by atoms with Gasteiger partial charge in [-0.3, -0.25) is 0 Å². The van der Waals surface area contributed by atoms with Crippen LogP contribution in [0.1, 0.15) is 37.9 Å². The number of benzene rings is 2. The molecule has 0 spiro atoms. The van der Waals surface area contributed by atoms with Crippen molar-refractivity contribution in [3.63, 3.8) is 0 Å². The Balaban J connectivity index is 1.91. The first kappa shape index (κ1) is 24.5. The van der Waals surface area contributed by atoms with Crippen molar-refractivity contribution < 1.29 is 38.4 Å². The molecular formula is C23H27NO8. The Morgan fingerprint density at radius 3 is 2.09 bits per heavy atom. The van der Waals surface area contributed by atoms with Crippen molar-refractivity contribution in [1.82, 2.24) is 5.32 Å². The highest BCUT2D eigenvalue weighted by Crippen LogP contribution is 2.19. The summed E-state index contributed by atoms with van der Waals surface area (Å²) in [4.78, 5) is 35.4. The van der Waals surface area contributed by atoms with E-state index in [0.717, 1.165) is 5.56 Å². The average molecular weight is 445 g/mol. The van der Waals surface area contributed by atoms with Crippen LogP contribution < -0.4 is 14.8 Å². The number of carboxylic acid groups (broad SMARTS) is 1. The zero-order valence-corrected chi connectivity index (χ0v) is 18.4. The fourth-order valence-electron chi connectivity index (χ4n) is 2.59. The van der Waals surface area contributed by atoms with Gasteiger partial charge in [-0.25, -0.2) is 14.4 Å². The molecule has 0 saturated carbocycles. The third-order valence-electron chi connectivity index (χ3n) is 4.03. The third-order valence-corrected chi connectivity index (χ3v) is 4.03. The number of carboxylic acids is 1. The van der Waals surface area contributed by atoms with E-state index in [4.69, 9.17) is 18.9 Å². The molecule has 0 bridgehead atoms. The van der Waals surface area contributed by atoms with E-state index in [1.54, 1.807) is 52.1 Å². The maximum absolute atomic E-state index is 12.1. The molecule has 0 fully saturated rings. The Hall–Kier alpha value is -3.75. The van der Waals surface area contributed by atoms with E-state index in [9.17, 15) is 19.5 Å². The third kappa shape index (κ3) is 8.17. The second-order valence-electron chi connectivity index (χ2n) is 7.78. The molecule has 0 heterocycles. The fourth-order valence-corrected chi connectivity index (χ4v) is 2.59. The van der Waals surface area contributed by atoms with Crippen LogP contribution in [0.2, 0.25) is 0 Å². The van der Waals surface area contributed by atoms with Crippen LogP contribution in [0.15, 0.2) is 48.5 Å². The highest BCUT2D eigenvalue weighted by Gasteiger charge is 2.23. The predicted molar refractivity (Wildman–Crippen MR) is 114 cm³/mol. The zero-order valence-electron chi connectivity index (χ0n) is 18.4. The molecule has 0 aliphatic carbocycles. The predicted octanol–water partition coefficient (Wildman–Crippen LogP) is 3.47. The van der Waals surface area contributed by atoms with Crippen molar-refractivity contribution >= 4 is 18.0 Å². The topological polar surface area (TPSA) is 120 Å². The zero-order chi connectivity index (χ0) is 23.7. The van der Waals surface area contributed by atoms with Gasteiger partial charge >= 0.3 is 18.0 Å². The molecule has 32 heavy (non-hydrogen) atoms. The first-order valence-corrected chi connectivity index (χ1v) is 9.81. The minimum atomic E-state index is -1.32. The van der Waals surface area contributed by atoms with E-state index in [-0.39, 0.29) is 13.2 Å². The maximum Gasteiger partial charge on any atom is 0.408 e. The van der Waals surface area contributed by atoms with E-state index >= 15 is 0 Å². The summed E-state index contributed by atoms with van der Waals surface area (Å²) >= 11 is 0. The van der Waals surface area contributed by atoms with Crippen LogP contribution in [-0.2, 0) is 25.7 Å². The largest absolute Gasteiger partial charge is 0.497 e. The molecule has 172 valence electrons. The SMILES string of the molecule is COc1ccc(COC(=O)N[C@@H](C(=O)O)c2ccc(OCC(=O)OC(C)(C)C)cc2)cc1. The van der Waals surface area contributed by atoms with Crippen molar-refractivity contribution in [1.29, 1.82) is 0 Å². The first-order chi connectivity index (χ1) is 15.1. The van der Waals surface area contributed by atoms with Crippen LogP contribution in [0.4, 0.5) is 4.79 Å². The molecule has 9 nitrogen and oxygen atoms in total. The van der Waals surface area contributed by atoms with Gasteiger partial charge in [-0.1, -0.05) is 24.3 Å². The van der Waals surface area contributed by atoms with Crippen molar-refractivity contribution in [3.8, 4) is 11.5 Å². The second kappa shape index (κ2) is 11.0. The van der Waals surface area contributed by atoms with Crippen molar-refractivity contribution in [2.75, 3.05) is 13.7 Å². The van der Waals surface area contributed by atoms with Gasteiger partial charge in [0.05, 0.1) is 7.11 Å². The first-order valence-electron chi connectivity index (χ1n) is 9.81. The lowest BCUT2D eigenvalue weighted by atomic mass is 10.1. The van der Waals surface area contributed by atoms with Crippen molar-refractivity contribution in [2.24, 2.45) is 0 Å². The summed E-state index contributed by atoms with van der Waals surface area (Å²) in [6.45, 7) is 4.94. The van der Waals surface area contributed by atoms with Crippen LogP contribution in [0.25, 0.3) is 0 Å². The molecule has 0 saturated heterocycles. The molecule has 2 aromatic carbocycles. The number of alkyl carbamates (subject to hydrolysis) is 1. The lowest BCUT2D eigenvalue weighted by Gasteiger charge is -2.19. The quantitative estimate of drug-likeness (QED) is 0.563. The summed E-state index contributed by atoms with van der Waals surface area (Å²) in [6, 6.07) is 11.6.